The predicted molar refractivity (Wildman–Crippen MR) is 93.4 cm³/mol. The second-order valence-electron chi connectivity index (χ2n) is 5.43. The molecule has 0 aliphatic rings. The van der Waals surface area contributed by atoms with Gasteiger partial charge in [0.25, 0.3) is 10.0 Å². The van der Waals surface area contributed by atoms with Gasteiger partial charge in [0.1, 0.15) is 4.90 Å². The second-order valence-corrected chi connectivity index (χ2v) is 9.09. The minimum absolute atomic E-state index is 0.00640. The van der Waals surface area contributed by atoms with Crippen LogP contribution in [0.3, 0.4) is 0 Å². The first-order chi connectivity index (χ1) is 11.7. The number of nitrogens with one attached hydrogen (secondary N) is 2. The number of sulfonamides is 1. The molecule has 7 nitrogen and oxygen atoms in total. The first-order valence-electron chi connectivity index (χ1n) is 7.05. The fourth-order valence-corrected chi connectivity index (χ4v) is 4.24. The van der Waals surface area contributed by atoms with Gasteiger partial charge in [0.2, 0.25) is 0 Å². The third kappa shape index (κ3) is 3.35. The van der Waals surface area contributed by atoms with Crippen molar-refractivity contribution in [3.8, 4) is 6.07 Å². The first kappa shape index (κ1) is 17.0. The minimum Gasteiger partial charge on any atom is -0.360 e. The Morgan fingerprint density at radius 1 is 1.04 bits per heavy atom. The summed E-state index contributed by atoms with van der Waals surface area (Å²) in [5.41, 5.74) is 1.15. The molecule has 1 heterocycles. The van der Waals surface area contributed by atoms with Crippen molar-refractivity contribution < 1.29 is 16.8 Å². The summed E-state index contributed by atoms with van der Waals surface area (Å²) in [7, 11) is -7.27. The molecule has 0 radical (unpaired) electrons. The molecule has 3 rings (SSSR count). The Bertz CT molecular complexity index is 1200. The lowest BCUT2D eigenvalue weighted by Crippen LogP contribution is -2.12. The molecule has 3 aromatic rings. The molecule has 0 unspecified atom stereocenters. The van der Waals surface area contributed by atoms with E-state index in [1.165, 1.54) is 48.7 Å². The molecule has 0 aliphatic carbocycles. The molecule has 128 valence electrons. The van der Waals surface area contributed by atoms with Gasteiger partial charge in [0.05, 0.1) is 16.5 Å². The average Bonchev–Trinajstić information content (AvgIpc) is 2.98. The van der Waals surface area contributed by atoms with Crippen LogP contribution >= 0.6 is 0 Å². The Kier molecular flexibility index (Phi) is 4.02. The van der Waals surface area contributed by atoms with E-state index >= 15 is 0 Å². The molecule has 1 aromatic heterocycles. The normalized spacial score (nSPS) is 12.0. The van der Waals surface area contributed by atoms with Gasteiger partial charge < -0.3 is 4.98 Å². The molecule has 0 aliphatic heterocycles. The van der Waals surface area contributed by atoms with E-state index in [1.54, 1.807) is 0 Å². The summed E-state index contributed by atoms with van der Waals surface area (Å²) in [6, 6.07) is 12.2. The predicted octanol–water partition coefficient (Wildman–Crippen LogP) is 2.24. The summed E-state index contributed by atoms with van der Waals surface area (Å²) in [5.74, 6) is 0. The molecule has 25 heavy (non-hydrogen) atoms. The first-order valence-corrected chi connectivity index (χ1v) is 10.4. The molecule has 9 heteroatoms. The van der Waals surface area contributed by atoms with Crippen LogP contribution in [-0.2, 0) is 19.9 Å². The molecular formula is C16H13N3O4S2. The van der Waals surface area contributed by atoms with Crippen molar-refractivity contribution in [2.75, 3.05) is 11.0 Å². The lowest BCUT2D eigenvalue weighted by Gasteiger charge is -2.07. The highest BCUT2D eigenvalue weighted by atomic mass is 32.2. The number of anilines is 1. The zero-order chi connectivity index (χ0) is 18.2. The van der Waals surface area contributed by atoms with E-state index in [0.29, 0.717) is 22.2 Å². The van der Waals surface area contributed by atoms with E-state index in [-0.39, 0.29) is 9.79 Å². The highest BCUT2D eigenvalue weighted by Crippen LogP contribution is 2.27. The van der Waals surface area contributed by atoms with Crippen molar-refractivity contribution in [2.24, 2.45) is 0 Å². The zero-order valence-electron chi connectivity index (χ0n) is 13.0. The maximum absolute atomic E-state index is 12.6. The number of sulfone groups is 1. The largest absolute Gasteiger partial charge is 0.360 e. The molecule has 0 saturated carbocycles. The maximum Gasteiger partial charge on any atom is 0.264 e. The van der Waals surface area contributed by atoms with Crippen molar-refractivity contribution in [3.63, 3.8) is 0 Å². The summed E-state index contributed by atoms with van der Waals surface area (Å²) in [5, 5.41) is 9.16. The molecule has 0 bridgehead atoms. The zero-order valence-corrected chi connectivity index (χ0v) is 14.6. The number of H-pyrrole nitrogens is 1. The van der Waals surface area contributed by atoms with Crippen LogP contribution in [-0.4, -0.2) is 28.1 Å². The molecule has 2 aromatic carbocycles. The lowest BCUT2D eigenvalue weighted by molar-refractivity contribution is 0.600. The summed E-state index contributed by atoms with van der Waals surface area (Å²) in [6.07, 6.45) is 2.39. The van der Waals surface area contributed by atoms with E-state index in [2.05, 4.69) is 9.71 Å². The maximum atomic E-state index is 12.6. The highest BCUT2D eigenvalue weighted by Gasteiger charge is 2.20. The Morgan fingerprint density at radius 2 is 1.72 bits per heavy atom. The van der Waals surface area contributed by atoms with Crippen molar-refractivity contribution in [3.05, 3.63) is 54.2 Å². The van der Waals surface area contributed by atoms with E-state index in [4.69, 9.17) is 5.26 Å². The molecule has 0 saturated heterocycles. The minimum atomic E-state index is -3.88. The smallest absolute Gasteiger partial charge is 0.264 e. The molecular weight excluding hydrogens is 362 g/mol. The van der Waals surface area contributed by atoms with E-state index in [9.17, 15) is 16.8 Å². The van der Waals surface area contributed by atoms with Crippen LogP contribution in [0.2, 0.25) is 0 Å². The van der Waals surface area contributed by atoms with Gasteiger partial charge in [0, 0.05) is 29.0 Å². The van der Waals surface area contributed by atoms with Gasteiger partial charge in [-0.1, -0.05) is 6.07 Å². The molecule has 0 fully saturated rings. The second kappa shape index (κ2) is 5.91. The third-order valence-electron chi connectivity index (χ3n) is 3.60. The monoisotopic (exact) mass is 375 g/mol. The SMILES string of the molecule is CS(=O)(=O)c1ccc2c(S(=O)(=O)Nc3ccc(C#N)cc3)c[nH]c2c1. The van der Waals surface area contributed by atoms with Crippen LogP contribution in [0.1, 0.15) is 5.56 Å². The van der Waals surface area contributed by atoms with Crippen molar-refractivity contribution in [2.45, 2.75) is 9.79 Å². The van der Waals surface area contributed by atoms with Gasteiger partial charge in [-0.05, 0) is 36.4 Å². The summed E-state index contributed by atoms with van der Waals surface area (Å²) >= 11 is 0. The third-order valence-corrected chi connectivity index (χ3v) is 6.13. The number of hydrogen-bond donors (Lipinski definition) is 2. The molecule has 2 N–H and O–H groups in total. The number of fused-ring (bicyclic) bond motifs is 1. The van der Waals surface area contributed by atoms with Gasteiger partial charge in [0.15, 0.2) is 9.84 Å². The lowest BCUT2D eigenvalue weighted by atomic mass is 10.2. The van der Waals surface area contributed by atoms with Gasteiger partial charge in [-0.2, -0.15) is 5.26 Å². The van der Waals surface area contributed by atoms with Gasteiger partial charge >= 0.3 is 0 Å². The van der Waals surface area contributed by atoms with Crippen molar-refractivity contribution >= 4 is 36.5 Å². The van der Waals surface area contributed by atoms with Crippen LogP contribution in [0.15, 0.2) is 58.5 Å². The van der Waals surface area contributed by atoms with Crippen LogP contribution in [0, 0.1) is 11.3 Å². The average molecular weight is 375 g/mol. The van der Waals surface area contributed by atoms with Gasteiger partial charge in [-0.15, -0.1) is 0 Å². The van der Waals surface area contributed by atoms with Gasteiger partial charge in [-0.3, -0.25) is 4.72 Å². The Hall–Kier alpha value is -2.83. The molecule has 0 amide bonds. The summed E-state index contributed by atoms with van der Waals surface area (Å²) < 4.78 is 50.8. The Balaban J connectivity index is 2.01. The Labute approximate surface area is 144 Å². The van der Waals surface area contributed by atoms with Crippen LogP contribution in [0.5, 0.6) is 0 Å². The number of rotatable bonds is 4. The number of nitriles is 1. The molecule has 0 atom stereocenters. The fraction of sp³-hybridized carbons (Fsp3) is 0.0625. The van der Waals surface area contributed by atoms with Crippen LogP contribution in [0.25, 0.3) is 10.9 Å². The van der Waals surface area contributed by atoms with E-state index in [1.807, 2.05) is 6.07 Å². The number of aromatic amines is 1. The van der Waals surface area contributed by atoms with Crippen molar-refractivity contribution in [1.82, 2.24) is 4.98 Å². The van der Waals surface area contributed by atoms with E-state index < -0.39 is 19.9 Å². The van der Waals surface area contributed by atoms with Gasteiger partial charge in [-0.25, -0.2) is 16.8 Å². The quantitative estimate of drug-likeness (QED) is 0.724. The van der Waals surface area contributed by atoms with Crippen LogP contribution < -0.4 is 4.72 Å². The number of hydrogen-bond acceptors (Lipinski definition) is 5. The number of benzene rings is 2. The number of aromatic nitrogens is 1. The fourth-order valence-electron chi connectivity index (χ4n) is 2.35. The Morgan fingerprint density at radius 3 is 2.32 bits per heavy atom. The molecule has 0 spiro atoms. The van der Waals surface area contributed by atoms with E-state index in [0.717, 1.165) is 6.26 Å². The topological polar surface area (TPSA) is 120 Å². The van der Waals surface area contributed by atoms with Crippen LogP contribution in [0.4, 0.5) is 5.69 Å². The summed E-state index contributed by atoms with van der Waals surface area (Å²) in [6.45, 7) is 0. The van der Waals surface area contributed by atoms with Crippen molar-refractivity contribution in [1.29, 1.82) is 5.26 Å². The standard InChI is InChI=1S/C16H13N3O4S2/c1-24(20,21)13-6-7-14-15(8-13)18-10-16(14)25(22,23)19-12-4-2-11(9-17)3-5-12/h2-8,10,18-19H,1H3. The number of nitrogens with zero attached hydrogens (tertiary/aromatic N) is 1. The highest BCUT2D eigenvalue weighted by molar-refractivity contribution is 7.93. The summed E-state index contributed by atoms with van der Waals surface area (Å²) in [4.78, 5) is 2.89.